The molecule has 4 unspecified atom stereocenters. The first-order chi connectivity index (χ1) is 32.7. The highest BCUT2D eigenvalue weighted by atomic mass is 16.6. The van der Waals surface area contributed by atoms with Crippen molar-refractivity contribution < 1.29 is 47.4 Å². The van der Waals surface area contributed by atoms with Crippen LogP contribution in [0.15, 0.2) is 97.1 Å². The lowest BCUT2D eigenvalue weighted by Crippen LogP contribution is -2.34. The monoisotopic (exact) mass is 906 g/mol. The van der Waals surface area contributed by atoms with Gasteiger partial charge in [0.15, 0.2) is 34.5 Å². The molecule has 6 heterocycles. The molecule has 0 aliphatic carbocycles. The molecule has 0 fully saturated rings. The van der Waals surface area contributed by atoms with Crippen molar-refractivity contribution in [3.8, 4) is 69.0 Å². The zero-order valence-corrected chi connectivity index (χ0v) is 39.5. The van der Waals surface area contributed by atoms with Gasteiger partial charge in [-0.1, -0.05) is 24.3 Å². The maximum absolute atomic E-state index is 7.03. The molecule has 12 heteroatoms. The molecule has 67 heavy (non-hydrogen) atoms. The molecule has 0 N–H and O–H groups in total. The normalized spacial score (nSPS) is 19.9. The van der Waals surface area contributed by atoms with Crippen molar-refractivity contribution in [2.24, 2.45) is 0 Å². The minimum absolute atomic E-state index is 0.000437. The first kappa shape index (κ1) is 44.1. The number of rotatable bonds is 6. The Hall–Kier alpha value is -6.76. The van der Waals surface area contributed by atoms with E-state index in [4.69, 9.17) is 47.4 Å². The van der Waals surface area contributed by atoms with Gasteiger partial charge in [-0.2, -0.15) is 0 Å². The van der Waals surface area contributed by atoms with E-state index in [1.165, 1.54) is 27.8 Å². The molecule has 4 atom stereocenters. The maximum Gasteiger partial charge on any atom is 0.204 e. The van der Waals surface area contributed by atoms with E-state index in [9.17, 15) is 0 Å². The second kappa shape index (κ2) is 18.5. The van der Waals surface area contributed by atoms with E-state index >= 15 is 0 Å². The van der Waals surface area contributed by atoms with Gasteiger partial charge in [-0.3, -0.25) is 9.80 Å². The third-order valence-electron chi connectivity index (χ3n) is 14.0. The highest BCUT2D eigenvalue weighted by Crippen LogP contribution is 2.54. The Kier molecular flexibility index (Phi) is 12.2. The van der Waals surface area contributed by atoms with E-state index in [0.29, 0.717) is 46.9 Å². The molecular weight excluding hydrogens is 849 g/mol. The van der Waals surface area contributed by atoms with Crippen LogP contribution in [-0.4, -0.2) is 86.3 Å². The van der Waals surface area contributed by atoms with Crippen molar-refractivity contribution >= 4 is 0 Å². The van der Waals surface area contributed by atoms with E-state index in [-0.39, 0.29) is 24.1 Å². The van der Waals surface area contributed by atoms with Crippen LogP contribution in [0.2, 0.25) is 0 Å². The van der Waals surface area contributed by atoms with Crippen LogP contribution in [0, 0.1) is 0 Å². The summed E-state index contributed by atoms with van der Waals surface area (Å²) in [7, 11) is 14.4. The van der Waals surface area contributed by atoms with Crippen molar-refractivity contribution in [3.05, 3.63) is 142 Å². The first-order valence-corrected chi connectivity index (χ1v) is 22.9. The van der Waals surface area contributed by atoms with E-state index in [1.54, 1.807) is 42.7 Å². The lowest BCUT2D eigenvalue weighted by Gasteiger charge is -2.37. The largest absolute Gasteiger partial charge is 0.497 e. The summed E-state index contributed by atoms with van der Waals surface area (Å²) in [4.78, 5) is 4.81. The van der Waals surface area contributed by atoms with E-state index in [2.05, 4.69) is 72.4 Å². The number of hydrogen-bond donors (Lipinski definition) is 0. The lowest BCUT2D eigenvalue weighted by molar-refractivity contribution is 0.139. The van der Waals surface area contributed by atoms with Crippen molar-refractivity contribution in [1.29, 1.82) is 0 Å². The van der Waals surface area contributed by atoms with Crippen molar-refractivity contribution in [3.63, 3.8) is 0 Å². The van der Waals surface area contributed by atoms with Crippen LogP contribution in [-0.2, 0) is 25.7 Å². The SMILES string of the molecule is COc1ccc2c(c1)OC1c3ccc(OC)cc3OCC21.COc1ccc2cc1Oc1ccc(cc1)CC1c3cc(c(OC)cc3CCN1C)Oc1c(OC)c(OC)cc3c1C(C2)N(C)CC3. The standard InChI is InChI=1S/C38H42N2O6.C17H16O4/c1-39-15-13-25-20-32(42-4)34-22-28(25)29(39)17-23-7-10-27(11-8-23)45-33-19-24(9-12-31(33)41-3)18-30-36-26(14-16-40(30)2)21-35(43-5)37(44-6)38(36)46-34;1-18-10-4-6-13-15(7-10)20-9-14-12-5-3-11(19-2)8-16(12)21-17(13)14/h7-12,19-22,29-30H,13-18H2,1-6H3;3-8,14,17H,9H2,1-2H3. The summed E-state index contributed by atoms with van der Waals surface area (Å²) in [6.45, 7) is 2.47. The number of likely N-dealkylation sites (N-methyl/N-ethyl adjacent to an activating group) is 2. The predicted molar refractivity (Wildman–Crippen MR) is 255 cm³/mol. The topological polar surface area (TPSA) is 98.8 Å². The minimum Gasteiger partial charge on any atom is -0.497 e. The first-order valence-electron chi connectivity index (χ1n) is 22.9. The van der Waals surface area contributed by atoms with Gasteiger partial charge < -0.3 is 47.4 Å². The highest BCUT2D eigenvalue weighted by Gasteiger charge is 2.41. The molecule has 0 radical (unpaired) electrons. The maximum atomic E-state index is 7.03. The summed E-state index contributed by atoms with van der Waals surface area (Å²) in [5, 5.41) is 0. The summed E-state index contributed by atoms with van der Waals surface area (Å²) in [6.07, 6.45) is 3.37. The van der Waals surface area contributed by atoms with Crippen molar-refractivity contribution in [2.75, 3.05) is 76.5 Å². The van der Waals surface area contributed by atoms with Crippen molar-refractivity contribution in [1.82, 2.24) is 9.80 Å². The van der Waals surface area contributed by atoms with Gasteiger partial charge in [0.2, 0.25) is 5.75 Å². The lowest BCUT2D eigenvalue weighted by atomic mass is 9.87. The molecule has 12 nitrogen and oxygen atoms in total. The Morgan fingerprint density at radius 2 is 1.15 bits per heavy atom. The van der Waals surface area contributed by atoms with Gasteiger partial charge in [0.1, 0.15) is 34.9 Å². The fourth-order valence-corrected chi connectivity index (χ4v) is 10.3. The quantitative estimate of drug-likeness (QED) is 0.159. The molecule has 0 spiro atoms. The van der Waals surface area contributed by atoms with E-state index in [1.807, 2.05) is 48.5 Å². The second-order valence-electron chi connectivity index (χ2n) is 17.7. The molecule has 6 aliphatic rings. The summed E-state index contributed by atoms with van der Waals surface area (Å²) in [6, 6.07) is 33.1. The highest BCUT2D eigenvalue weighted by molar-refractivity contribution is 5.64. The average Bonchev–Trinajstić information content (AvgIpc) is 3.74. The minimum atomic E-state index is 0.000437. The van der Waals surface area contributed by atoms with Gasteiger partial charge in [0, 0.05) is 54.0 Å². The number of nitrogens with zero attached hydrogens (tertiary/aromatic N) is 2. The van der Waals surface area contributed by atoms with Gasteiger partial charge >= 0.3 is 0 Å². The molecule has 0 saturated carbocycles. The number of benzene rings is 6. The molecule has 6 aliphatic heterocycles. The van der Waals surface area contributed by atoms with Gasteiger partial charge in [-0.15, -0.1) is 0 Å². The third kappa shape index (κ3) is 8.27. The zero-order valence-electron chi connectivity index (χ0n) is 39.5. The summed E-state index contributed by atoms with van der Waals surface area (Å²) in [5.41, 5.74) is 9.41. The third-order valence-corrected chi connectivity index (χ3v) is 14.0. The molecule has 0 aromatic heterocycles. The van der Waals surface area contributed by atoms with Crippen LogP contribution in [0.5, 0.6) is 69.0 Å². The average molecular weight is 907 g/mol. The van der Waals surface area contributed by atoms with E-state index in [0.717, 1.165) is 84.2 Å². The molecule has 6 aromatic rings. The van der Waals surface area contributed by atoms with Crippen LogP contribution in [0.3, 0.4) is 0 Å². The molecular formula is C55H58N2O10. The fraction of sp³-hybridized carbons (Fsp3) is 0.345. The Morgan fingerprint density at radius 3 is 1.87 bits per heavy atom. The Labute approximate surface area is 392 Å². The summed E-state index contributed by atoms with van der Waals surface area (Å²) in [5.74, 6) is 8.97. The molecule has 12 rings (SSSR count). The molecule has 348 valence electrons. The van der Waals surface area contributed by atoms with Crippen LogP contribution >= 0.6 is 0 Å². The summed E-state index contributed by atoms with van der Waals surface area (Å²) >= 11 is 0. The van der Waals surface area contributed by atoms with Crippen LogP contribution < -0.4 is 47.4 Å². The Balaban J connectivity index is 0.000000207. The number of fused-ring (bicyclic) bond motifs is 7. The molecule has 6 bridgehead atoms. The fourth-order valence-electron chi connectivity index (χ4n) is 10.3. The number of hydrogen-bond acceptors (Lipinski definition) is 12. The zero-order chi connectivity index (χ0) is 46.3. The Bertz CT molecular complexity index is 2790. The second-order valence-corrected chi connectivity index (χ2v) is 17.7. The smallest absolute Gasteiger partial charge is 0.204 e. The molecule has 0 saturated heterocycles. The Morgan fingerprint density at radius 1 is 0.507 bits per heavy atom. The molecule has 0 amide bonds. The predicted octanol–water partition coefficient (Wildman–Crippen LogP) is 10.5. The van der Waals surface area contributed by atoms with Gasteiger partial charge in [-0.25, -0.2) is 0 Å². The number of ether oxygens (including phenoxy) is 10. The van der Waals surface area contributed by atoms with Crippen molar-refractivity contribution in [2.45, 2.75) is 49.8 Å². The number of methoxy groups -OCH3 is 6. The van der Waals surface area contributed by atoms with Gasteiger partial charge in [0.05, 0.1) is 55.2 Å². The summed E-state index contributed by atoms with van der Waals surface area (Å²) < 4.78 is 59.7. The van der Waals surface area contributed by atoms with Gasteiger partial charge in [-0.05, 0) is 128 Å². The van der Waals surface area contributed by atoms with Crippen LogP contribution in [0.25, 0.3) is 0 Å². The van der Waals surface area contributed by atoms with Crippen LogP contribution in [0.4, 0.5) is 0 Å². The van der Waals surface area contributed by atoms with Crippen LogP contribution in [0.1, 0.15) is 68.6 Å². The van der Waals surface area contributed by atoms with Gasteiger partial charge in [0.25, 0.3) is 0 Å². The molecule has 6 aromatic carbocycles. The van der Waals surface area contributed by atoms with E-state index < -0.39 is 0 Å².